The van der Waals surface area contributed by atoms with Crippen molar-refractivity contribution in [1.29, 1.82) is 0 Å². The summed E-state index contributed by atoms with van der Waals surface area (Å²) in [6, 6.07) is 20.1. The standard InChI is InChI=1S/C23H16FN5O2/c24-19-11-10-16(13-25-19)22-28-29-23(31-22)27-21-18(30)12-15-8-4-5-9-17(15)20(26-21)14-6-2-1-3-7-14/h1-11,13,21H,12H2,(H,27,29). The van der Waals surface area contributed by atoms with Crippen molar-refractivity contribution in [2.24, 2.45) is 4.99 Å². The highest BCUT2D eigenvalue weighted by atomic mass is 19.1. The number of nitrogens with one attached hydrogen (secondary N) is 1. The number of carbonyl (C=O) groups is 1. The van der Waals surface area contributed by atoms with Crippen LogP contribution in [-0.4, -0.2) is 32.8 Å². The highest BCUT2D eigenvalue weighted by molar-refractivity contribution is 6.16. The van der Waals surface area contributed by atoms with E-state index in [1.54, 1.807) is 0 Å². The topological polar surface area (TPSA) is 93.3 Å². The lowest BCUT2D eigenvalue weighted by atomic mass is 9.96. The van der Waals surface area contributed by atoms with Gasteiger partial charge in [-0.2, -0.15) is 4.39 Å². The van der Waals surface area contributed by atoms with E-state index in [0.29, 0.717) is 11.3 Å². The van der Waals surface area contributed by atoms with E-state index in [1.807, 2.05) is 54.6 Å². The first-order valence-electron chi connectivity index (χ1n) is 9.63. The quantitative estimate of drug-likeness (QED) is 0.513. The number of anilines is 1. The number of rotatable bonds is 4. The van der Waals surface area contributed by atoms with Crippen LogP contribution >= 0.6 is 0 Å². The molecule has 7 nitrogen and oxygen atoms in total. The predicted octanol–water partition coefficient (Wildman–Crippen LogP) is 3.67. The van der Waals surface area contributed by atoms with Crippen LogP contribution in [0.3, 0.4) is 0 Å². The van der Waals surface area contributed by atoms with Gasteiger partial charge in [-0.1, -0.05) is 59.7 Å². The Kier molecular flexibility index (Phi) is 4.80. The zero-order valence-corrected chi connectivity index (χ0v) is 16.2. The van der Waals surface area contributed by atoms with Crippen LogP contribution < -0.4 is 5.32 Å². The molecule has 0 aliphatic carbocycles. The van der Waals surface area contributed by atoms with E-state index in [9.17, 15) is 9.18 Å². The number of ketones is 1. The molecule has 8 heteroatoms. The number of nitrogens with zero attached hydrogens (tertiary/aromatic N) is 4. The second kappa shape index (κ2) is 7.91. The zero-order chi connectivity index (χ0) is 21.2. The maximum Gasteiger partial charge on any atom is 0.317 e. The van der Waals surface area contributed by atoms with Gasteiger partial charge in [-0.05, 0) is 17.7 Å². The van der Waals surface area contributed by atoms with Crippen molar-refractivity contribution in [1.82, 2.24) is 15.2 Å². The van der Waals surface area contributed by atoms with Crippen LogP contribution in [0.1, 0.15) is 16.7 Å². The summed E-state index contributed by atoms with van der Waals surface area (Å²) in [6.07, 6.45) is 0.615. The van der Waals surface area contributed by atoms with E-state index < -0.39 is 12.1 Å². The van der Waals surface area contributed by atoms with Crippen LogP contribution in [0.25, 0.3) is 11.5 Å². The summed E-state index contributed by atoms with van der Waals surface area (Å²) in [6.45, 7) is 0. The van der Waals surface area contributed by atoms with Gasteiger partial charge in [0.05, 0.1) is 11.3 Å². The highest BCUT2D eigenvalue weighted by Crippen LogP contribution is 2.24. The molecule has 0 saturated heterocycles. The normalized spacial score (nSPS) is 15.7. The van der Waals surface area contributed by atoms with Crippen LogP contribution in [-0.2, 0) is 11.2 Å². The second-order valence-corrected chi connectivity index (χ2v) is 6.97. The van der Waals surface area contributed by atoms with Gasteiger partial charge in [-0.15, -0.1) is 5.10 Å². The van der Waals surface area contributed by atoms with Gasteiger partial charge < -0.3 is 9.73 Å². The summed E-state index contributed by atoms with van der Waals surface area (Å²) in [5.74, 6) is -0.568. The van der Waals surface area contributed by atoms with E-state index in [0.717, 1.165) is 16.7 Å². The number of carbonyl (C=O) groups excluding carboxylic acids is 1. The molecule has 2 aromatic carbocycles. The molecule has 1 N–H and O–H groups in total. The maximum absolute atomic E-state index is 13.0. The van der Waals surface area contributed by atoms with Crippen molar-refractivity contribution in [3.8, 4) is 11.5 Å². The van der Waals surface area contributed by atoms with E-state index in [2.05, 4.69) is 20.5 Å². The van der Waals surface area contributed by atoms with Gasteiger partial charge in [0.1, 0.15) is 0 Å². The first-order valence-corrected chi connectivity index (χ1v) is 9.63. The summed E-state index contributed by atoms with van der Waals surface area (Å²) < 4.78 is 18.6. The minimum atomic E-state index is -0.901. The third kappa shape index (κ3) is 3.83. The van der Waals surface area contributed by atoms with Crippen LogP contribution in [0.2, 0.25) is 0 Å². The van der Waals surface area contributed by atoms with Gasteiger partial charge >= 0.3 is 6.01 Å². The number of halogens is 1. The molecule has 0 saturated carbocycles. The number of hydrogen-bond donors (Lipinski definition) is 1. The highest BCUT2D eigenvalue weighted by Gasteiger charge is 2.27. The van der Waals surface area contributed by atoms with Crippen LogP contribution in [0.5, 0.6) is 0 Å². The van der Waals surface area contributed by atoms with Crippen molar-refractivity contribution in [3.63, 3.8) is 0 Å². The van der Waals surface area contributed by atoms with Gasteiger partial charge in [0.25, 0.3) is 5.89 Å². The average Bonchev–Trinajstić information content (AvgIpc) is 3.21. The van der Waals surface area contributed by atoms with Crippen LogP contribution in [0.4, 0.5) is 10.4 Å². The minimum absolute atomic E-state index is 0.0415. The fourth-order valence-corrected chi connectivity index (χ4v) is 3.42. The van der Waals surface area contributed by atoms with E-state index in [4.69, 9.17) is 9.41 Å². The molecule has 0 radical (unpaired) electrons. The molecule has 0 fully saturated rings. The van der Waals surface area contributed by atoms with Gasteiger partial charge in [0.2, 0.25) is 5.95 Å². The molecular formula is C23H16FN5O2. The third-order valence-electron chi connectivity index (χ3n) is 4.91. The van der Waals surface area contributed by atoms with Gasteiger partial charge in [0.15, 0.2) is 11.9 Å². The molecule has 1 atom stereocenters. The third-order valence-corrected chi connectivity index (χ3v) is 4.91. The van der Waals surface area contributed by atoms with Crippen molar-refractivity contribution >= 4 is 17.5 Å². The number of fused-ring (bicyclic) bond motifs is 1. The first-order chi connectivity index (χ1) is 15.2. The Hall–Kier alpha value is -4.20. The molecular weight excluding hydrogens is 397 g/mol. The number of benzene rings is 2. The molecule has 4 aromatic rings. The van der Waals surface area contributed by atoms with Gasteiger partial charge in [-0.25, -0.2) is 4.98 Å². The smallest absolute Gasteiger partial charge is 0.317 e. The molecule has 0 bridgehead atoms. The number of aromatic nitrogens is 3. The fourth-order valence-electron chi connectivity index (χ4n) is 3.42. The summed E-state index contributed by atoms with van der Waals surface area (Å²) in [7, 11) is 0. The summed E-state index contributed by atoms with van der Waals surface area (Å²) in [5.41, 5.74) is 3.90. The van der Waals surface area contributed by atoms with Crippen molar-refractivity contribution in [2.45, 2.75) is 12.6 Å². The van der Waals surface area contributed by atoms with Crippen LogP contribution in [0, 0.1) is 5.95 Å². The summed E-state index contributed by atoms with van der Waals surface area (Å²) >= 11 is 0. The molecule has 5 rings (SSSR count). The Morgan fingerprint density at radius 2 is 1.74 bits per heavy atom. The molecule has 31 heavy (non-hydrogen) atoms. The molecule has 1 unspecified atom stereocenters. The first kappa shape index (κ1) is 18.8. The molecule has 1 aliphatic heterocycles. The lowest BCUT2D eigenvalue weighted by molar-refractivity contribution is -0.119. The molecule has 2 aromatic heterocycles. The molecule has 0 amide bonds. The number of hydrogen-bond acceptors (Lipinski definition) is 7. The number of aliphatic imine (C=N–C) groups is 1. The lowest BCUT2D eigenvalue weighted by Crippen LogP contribution is -2.29. The average molecular weight is 413 g/mol. The zero-order valence-electron chi connectivity index (χ0n) is 16.2. The predicted molar refractivity (Wildman–Crippen MR) is 112 cm³/mol. The Morgan fingerprint density at radius 1 is 0.935 bits per heavy atom. The van der Waals surface area contributed by atoms with Crippen molar-refractivity contribution in [2.75, 3.05) is 5.32 Å². The largest absolute Gasteiger partial charge is 0.403 e. The summed E-state index contributed by atoms with van der Waals surface area (Å²) in [5, 5.41) is 10.8. The summed E-state index contributed by atoms with van der Waals surface area (Å²) in [4.78, 5) is 21.3. The molecule has 3 heterocycles. The number of pyridine rings is 1. The minimum Gasteiger partial charge on any atom is -0.403 e. The van der Waals surface area contributed by atoms with Gasteiger partial charge in [0, 0.05) is 23.7 Å². The Balaban J connectivity index is 1.49. The SMILES string of the molecule is O=C1Cc2ccccc2C(c2ccccc2)=NC1Nc1nnc(-c2ccc(F)nc2)o1. The van der Waals surface area contributed by atoms with E-state index in [1.165, 1.54) is 18.3 Å². The lowest BCUT2D eigenvalue weighted by Gasteiger charge is -2.11. The Bertz CT molecular complexity index is 1270. The maximum atomic E-state index is 13.0. The Morgan fingerprint density at radius 3 is 2.55 bits per heavy atom. The van der Waals surface area contributed by atoms with Crippen LogP contribution in [0.15, 0.2) is 82.3 Å². The van der Waals surface area contributed by atoms with Crippen molar-refractivity contribution in [3.05, 3.63) is 95.6 Å². The number of Topliss-reactive ketones (excluding diaryl/α,β-unsaturated/α-hetero) is 1. The molecule has 0 spiro atoms. The van der Waals surface area contributed by atoms with Crippen molar-refractivity contribution < 1.29 is 13.6 Å². The second-order valence-electron chi connectivity index (χ2n) is 6.97. The van der Waals surface area contributed by atoms with E-state index in [-0.39, 0.29) is 24.1 Å². The fraction of sp³-hybridized carbons (Fsp3) is 0.0870. The monoisotopic (exact) mass is 413 g/mol. The van der Waals surface area contributed by atoms with Gasteiger partial charge in [-0.3, -0.25) is 9.79 Å². The Labute approximate surface area is 176 Å². The molecule has 1 aliphatic rings. The molecule has 152 valence electrons. The van der Waals surface area contributed by atoms with E-state index >= 15 is 0 Å².